The van der Waals surface area contributed by atoms with Crippen molar-refractivity contribution >= 4 is 34.2 Å². The number of amides is 2. The van der Waals surface area contributed by atoms with Crippen molar-refractivity contribution in [3.8, 4) is 5.82 Å². The van der Waals surface area contributed by atoms with Crippen molar-refractivity contribution in [2.45, 2.75) is 37.3 Å². The van der Waals surface area contributed by atoms with E-state index in [-0.39, 0.29) is 46.5 Å². The maximum atomic E-state index is 13.6. The van der Waals surface area contributed by atoms with Crippen molar-refractivity contribution < 1.29 is 27.0 Å². The first-order chi connectivity index (χ1) is 17.8. The van der Waals surface area contributed by atoms with E-state index in [0.717, 1.165) is 10.6 Å². The van der Waals surface area contributed by atoms with Crippen LogP contribution in [-0.2, 0) is 29.9 Å². The van der Waals surface area contributed by atoms with Gasteiger partial charge in [0.2, 0.25) is 5.16 Å². The molecule has 1 aliphatic heterocycles. The molecule has 0 radical (unpaired) electrons. The molecule has 0 fully saturated rings. The molecule has 2 aromatic heterocycles. The molecule has 0 saturated carbocycles. The summed E-state index contributed by atoms with van der Waals surface area (Å²) in [5.41, 5.74) is -1.67. The SMILES string of the molecule is CNC(=O)c1cncc(-n2c(S(C)=O)nc3c(c2=O)C[C@@H](C)N(C(=O)c2ccc(Cl)c(C(F)(F)F)c2)C3)n1. The van der Waals surface area contributed by atoms with Crippen LogP contribution in [-0.4, -0.2) is 59.8 Å². The lowest BCUT2D eigenvalue weighted by atomic mass is 9.98. The highest BCUT2D eigenvalue weighted by Crippen LogP contribution is 2.35. The predicted octanol–water partition coefficient (Wildman–Crippen LogP) is 2.38. The quantitative estimate of drug-likeness (QED) is 0.479. The Labute approximate surface area is 221 Å². The van der Waals surface area contributed by atoms with Gasteiger partial charge in [-0.3, -0.25) is 23.6 Å². The summed E-state index contributed by atoms with van der Waals surface area (Å²) in [5, 5.41) is 1.67. The smallest absolute Gasteiger partial charge is 0.354 e. The second-order valence-corrected chi connectivity index (χ2v) is 10.1. The van der Waals surface area contributed by atoms with Crippen LogP contribution < -0.4 is 10.9 Å². The van der Waals surface area contributed by atoms with Gasteiger partial charge >= 0.3 is 6.18 Å². The van der Waals surface area contributed by atoms with E-state index in [1.165, 1.54) is 36.7 Å². The Morgan fingerprint density at radius 2 is 1.92 bits per heavy atom. The summed E-state index contributed by atoms with van der Waals surface area (Å²) in [7, 11) is -0.409. The second kappa shape index (κ2) is 10.3. The van der Waals surface area contributed by atoms with E-state index in [1.807, 2.05) is 0 Å². The summed E-state index contributed by atoms with van der Waals surface area (Å²) in [6, 6.07) is 2.29. The molecule has 4 rings (SSSR count). The molecule has 200 valence electrons. The zero-order valence-corrected chi connectivity index (χ0v) is 21.7. The van der Waals surface area contributed by atoms with Crippen LogP contribution in [0.4, 0.5) is 13.2 Å². The largest absolute Gasteiger partial charge is 0.417 e. The number of benzene rings is 1. The number of nitrogens with one attached hydrogen (secondary N) is 1. The van der Waals surface area contributed by atoms with E-state index in [0.29, 0.717) is 6.07 Å². The van der Waals surface area contributed by atoms with Gasteiger partial charge in [0.05, 0.1) is 46.0 Å². The van der Waals surface area contributed by atoms with Crippen LogP contribution in [0.25, 0.3) is 5.82 Å². The van der Waals surface area contributed by atoms with Crippen LogP contribution in [0.2, 0.25) is 5.02 Å². The predicted molar refractivity (Wildman–Crippen MR) is 131 cm³/mol. The highest BCUT2D eigenvalue weighted by molar-refractivity contribution is 7.84. The molecule has 2 amide bonds. The first-order valence-electron chi connectivity index (χ1n) is 11.0. The molecule has 38 heavy (non-hydrogen) atoms. The summed E-state index contributed by atoms with van der Waals surface area (Å²) >= 11 is 5.68. The molecule has 3 aromatic rings. The zero-order valence-electron chi connectivity index (χ0n) is 20.2. The zero-order chi connectivity index (χ0) is 27.9. The molecule has 0 saturated heterocycles. The molecule has 1 N–H and O–H groups in total. The van der Waals surface area contributed by atoms with Gasteiger partial charge in [-0.2, -0.15) is 13.2 Å². The summed E-state index contributed by atoms with van der Waals surface area (Å²) in [5.74, 6) is -1.32. The Bertz CT molecular complexity index is 1540. The highest BCUT2D eigenvalue weighted by atomic mass is 35.5. The van der Waals surface area contributed by atoms with Crippen LogP contribution in [0.1, 0.15) is 44.6 Å². The summed E-state index contributed by atoms with van der Waals surface area (Å²) in [6.07, 6.45) is -1.01. The van der Waals surface area contributed by atoms with E-state index in [1.54, 1.807) is 6.92 Å². The second-order valence-electron chi connectivity index (χ2n) is 8.43. The third-order valence-corrected chi connectivity index (χ3v) is 7.05. The molecule has 15 heteroatoms. The lowest BCUT2D eigenvalue weighted by Gasteiger charge is -2.34. The van der Waals surface area contributed by atoms with Crippen molar-refractivity contribution in [3.05, 3.63) is 74.0 Å². The Morgan fingerprint density at radius 1 is 1.21 bits per heavy atom. The summed E-state index contributed by atoms with van der Waals surface area (Å²) < 4.78 is 53.6. The third-order valence-electron chi connectivity index (χ3n) is 5.93. The number of aromatic nitrogens is 4. The molecular formula is C23H20ClF3N6O4S. The van der Waals surface area contributed by atoms with E-state index in [4.69, 9.17) is 11.6 Å². The van der Waals surface area contributed by atoms with Crippen LogP contribution in [0.5, 0.6) is 0 Å². The minimum Gasteiger partial charge on any atom is -0.354 e. The lowest BCUT2D eigenvalue weighted by Crippen LogP contribution is -2.46. The van der Waals surface area contributed by atoms with E-state index >= 15 is 0 Å². The lowest BCUT2D eigenvalue weighted by molar-refractivity contribution is -0.137. The van der Waals surface area contributed by atoms with Crippen LogP contribution >= 0.6 is 11.6 Å². The normalized spacial score (nSPS) is 16.1. The third kappa shape index (κ3) is 5.05. The number of hydrogen-bond donors (Lipinski definition) is 1. The number of halogens is 4. The minimum atomic E-state index is -4.75. The van der Waals surface area contributed by atoms with Crippen LogP contribution in [0, 0.1) is 0 Å². The molecule has 2 atom stereocenters. The van der Waals surface area contributed by atoms with Crippen molar-refractivity contribution in [1.29, 1.82) is 0 Å². The van der Waals surface area contributed by atoms with Crippen molar-refractivity contribution in [3.63, 3.8) is 0 Å². The van der Waals surface area contributed by atoms with Crippen molar-refractivity contribution in [2.75, 3.05) is 13.3 Å². The molecule has 3 heterocycles. The van der Waals surface area contributed by atoms with Gasteiger partial charge in [0.25, 0.3) is 17.4 Å². The van der Waals surface area contributed by atoms with Crippen LogP contribution in [0.3, 0.4) is 0 Å². The maximum Gasteiger partial charge on any atom is 0.417 e. The van der Waals surface area contributed by atoms with E-state index in [9.17, 15) is 31.8 Å². The highest BCUT2D eigenvalue weighted by Gasteiger charge is 2.36. The number of nitrogens with zero attached hydrogens (tertiary/aromatic N) is 5. The van der Waals surface area contributed by atoms with Crippen molar-refractivity contribution in [2.24, 2.45) is 0 Å². The molecule has 1 aromatic carbocycles. The molecule has 0 spiro atoms. The number of rotatable bonds is 4. The number of hydrogen-bond acceptors (Lipinski definition) is 7. The fourth-order valence-corrected chi connectivity index (χ4v) is 4.94. The fourth-order valence-electron chi connectivity index (χ4n) is 4.05. The molecule has 1 aliphatic rings. The van der Waals surface area contributed by atoms with Gasteiger partial charge in [-0.05, 0) is 31.5 Å². The van der Waals surface area contributed by atoms with Gasteiger partial charge in [0.1, 0.15) is 5.69 Å². The molecule has 10 nitrogen and oxygen atoms in total. The fraction of sp³-hybridized carbons (Fsp3) is 0.304. The summed E-state index contributed by atoms with van der Waals surface area (Å²) in [4.78, 5) is 52.5. The van der Waals surface area contributed by atoms with Gasteiger partial charge in [0.15, 0.2) is 5.82 Å². The standard InChI is InChI=1S/C23H20ClF3N6O4S/c1-11-6-13-17(10-32(11)20(35)12-4-5-15(24)14(7-12)23(25,26)27)31-22(38(3)37)33(21(13)36)18-9-29-8-16(30-18)19(34)28-2/h4-5,7-9,11H,6,10H2,1-3H3,(H,28,34)/t11-,38?/m1/s1. The van der Waals surface area contributed by atoms with E-state index in [2.05, 4.69) is 20.3 Å². The molecule has 1 unspecified atom stereocenters. The Balaban J connectivity index is 1.78. The minimum absolute atomic E-state index is 0.0197. The Morgan fingerprint density at radius 3 is 2.55 bits per heavy atom. The van der Waals surface area contributed by atoms with Gasteiger partial charge in [-0.15, -0.1) is 0 Å². The topological polar surface area (TPSA) is 127 Å². The van der Waals surface area contributed by atoms with Gasteiger partial charge in [-0.1, -0.05) is 11.6 Å². The number of carbonyl (C=O) groups excluding carboxylic acids is 2. The average molecular weight is 569 g/mol. The van der Waals surface area contributed by atoms with Gasteiger partial charge in [-0.25, -0.2) is 14.5 Å². The summed E-state index contributed by atoms with van der Waals surface area (Å²) in [6.45, 7) is 1.44. The Kier molecular flexibility index (Phi) is 7.39. The average Bonchev–Trinajstić information content (AvgIpc) is 2.87. The van der Waals surface area contributed by atoms with E-state index < -0.39 is 51.0 Å². The monoisotopic (exact) mass is 568 g/mol. The first kappa shape index (κ1) is 27.4. The van der Waals surface area contributed by atoms with Gasteiger partial charge < -0.3 is 10.2 Å². The maximum absolute atomic E-state index is 13.6. The molecule has 0 bridgehead atoms. The number of fused-ring (bicyclic) bond motifs is 1. The number of carbonyl (C=O) groups is 2. The Hall–Kier alpha value is -3.65. The molecular weight excluding hydrogens is 549 g/mol. The molecule has 0 aliphatic carbocycles. The first-order valence-corrected chi connectivity index (χ1v) is 13.0. The van der Waals surface area contributed by atoms with Crippen LogP contribution in [0.15, 0.2) is 40.5 Å². The van der Waals surface area contributed by atoms with Crippen molar-refractivity contribution in [1.82, 2.24) is 29.7 Å². The van der Waals surface area contributed by atoms with Gasteiger partial charge in [0, 0.05) is 30.5 Å². The number of alkyl halides is 3.